The molecule has 0 spiro atoms. The Labute approximate surface area is 216 Å². The molecule has 1 aliphatic heterocycles. The van der Waals surface area contributed by atoms with Crippen LogP contribution in [0.5, 0.6) is 0 Å². The molecule has 9 atom stereocenters. The van der Waals surface area contributed by atoms with E-state index in [9.17, 15) is 35.4 Å². The van der Waals surface area contributed by atoms with Crippen LogP contribution in [0, 0.1) is 0 Å². The summed E-state index contributed by atoms with van der Waals surface area (Å²) in [6.45, 7) is -1.76. The Morgan fingerprint density at radius 1 is 0.838 bits per heavy atom. The molecule has 1 saturated heterocycles. The molecule has 0 bridgehead atoms. The van der Waals surface area contributed by atoms with E-state index >= 15 is 0 Å². The minimum absolute atomic E-state index is 0.766. The molecule has 1 heterocycles. The third kappa shape index (κ3) is 9.62. The van der Waals surface area contributed by atoms with Crippen molar-refractivity contribution in [3.8, 4) is 0 Å². The quantitative estimate of drug-likeness (QED) is 0.139. The van der Waals surface area contributed by atoms with Crippen molar-refractivity contribution in [3.05, 3.63) is 0 Å². The topological polar surface area (TPSA) is 230 Å². The molecule has 3 aliphatic rings. The number of carboxylic acids is 1. The van der Waals surface area contributed by atoms with Gasteiger partial charge in [-0.2, -0.15) is 0 Å². The molecule has 0 aromatic carbocycles. The lowest BCUT2D eigenvalue weighted by molar-refractivity contribution is -0.326. The van der Waals surface area contributed by atoms with Crippen LogP contribution < -0.4 is 5.32 Å². The number of carbonyl (C=O) groups is 1. The summed E-state index contributed by atoms with van der Waals surface area (Å²) in [6.07, 6.45) is -2.37. The molecule has 3 fully saturated rings. The van der Waals surface area contributed by atoms with Crippen LogP contribution in [-0.2, 0) is 14.3 Å². The molecule has 0 aromatic heterocycles. The first-order valence-corrected chi connectivity index (χ1v) is 13.2. The van der Waals surface area contributed by atoms with E-state index < -0.39 is 74.3 Å². The maximum atomic E-state index is 10.7. The number of rotatable bonds is 10. The molecule has 0 radical (unpaired) electrons. The van der Waals surface area contributed by atoms with Crippen LogP contribution in [0.15, 0.2) is 0 Å². The van der Waals surface area contributed by atoms with Crippen molar-refractivity contribution in [1.29, 1.82) is 0 Å². The van der Waals surface area contributed by atoms with Crippen molar-refractivity contribution in [2.45, 2.75) is 131 Å². The molecular formula is C24H45NO12. The predicted octanol–water partition coefficient (Wildman–Crippen LogP) is -2.43. The van der Waals surface area contributed by atoms with Crippen molar-refractivity contribution in [2.24, 2.45) is 0 Å². The summed E-state index contributed by atoms with van der Waals surface area (Å²) in [6, 6.07) is 1.74. The minimum atomic E-state index is -2.39. The number of nitrogens with one attached hydrogen (secondary N) is 1. The number of carboxylic acid groups (broad SMARTS) is 1. The van der Waals surface area contributed by atoms with Crippen LogP contribution in [0.4, 0.5) is 0 Å². The molecule has 4 unspecified atom stereocenters. The van der Waals surface area contributed by atoms with Crippen molar-refractivity contribution in [2.75, 3.05) is 13.2 Å². The number of aliphatic carboxylic acids is 1. The number of aliphatic hydroxyl groups is 8. The molecule has 3 rings (SSSR count). The highest BCUT2D eigenvalue weighted by atomic mass is 16.7. The molecule has 2 aliphatic carbocycles. The maximum absolute atomic E-state index is 10.7. The fraction of sp³-hybridized carbons (Fsp3) is 0.958. The Balaban J connectivity index is 0.000000308. The molecule has 13 nitrogen and oxygen atoms in total. The van der Waals surface area contributed by atoms with E-state index in [4.69, 9.17) is 24.8 Å². The molecule has 2 saturated carbocycles. The van der Waals surface area contributed by atoms with E-state index in [1.807, 2.05) is 0 Å². The Morgan fingerprint density at radius 3 is 1.78 bits per heavy atom. The van der Waals surface area contributed by atoms with Gasteiger partial charge >= 0.3 is 5.97 Å². The standard InChI is InChI=1S/C12H23N.C12H22O12/c1-3-7-11(8-4-1)13-12-9-5-2-6-10-12;13-1-3(15)10(7(18)8(19)11(21)22)24-12-9(20)6(17)5(16)4(2-14)23-12/h11-13H,1-10H2;3-10,12-20H,1-2H2,(H,21,22)/t;3?,4?,5-,6+,7-,8?,9?,10-,12-/m.1/s1. The Kier molecular flexibility index (Phi) is 14.1. The molecule has 218 valence electrons. The van der Waals surface area contributed by atoms with Gasteiger partial charge in [-0.25, -0.2) is 4.79 Å². The Hall–Kier alpha value is -0.970. The van der Waals surface area contributed by atoms with Crippen LogP contribution in [0.3, 0.4) is 0 Å². The van der Waals surface area contributed by atoms with Crippen LogP contribution in [0.2, 0.25) is 0 Å². The van der Waals surface area contributed by atoms with Crippen LogP contribution in [0.1, 0.15) is 64.2 Å². The van der Waals surface area contributed by atoms with Crippen molar-refractivity contribution < 1.29 is 60.2 Å². The van der Waals surface area contributed by atoms with Gasteiger partial charge in [-0.1, -0.05) is 38.5 Å². The lowest BCUT2D eigenvalue weighted by Crippen LogP contribution is -2.61. The van der Waals surface area contributed by atoms with Crippen molar-refractivity contribution in [3.63, 3.8) is 0 Å². The van der Waals surface area contributed by atoms with Gasteiger partial charge in [-0.05, 0) is 25.7 Å². The molecule has 10 N–H and O–H groups in total. The fourth-order valence-electron chi connectivity index (χ4n) is 5.03. The van der Waals surface area contributed by atoms with E-state index in [0.717, 1.165) is 12.1 Å². The third-order valence-corrected chi connectivity index (χ3v) is 7.30. The zero-order valence-corrected chi connectivity index (χ0v) is 21.1. The first-order chi connectivity index (χ1) is 17.6. The van der Waals surface area contributed by atoms with Gasteiger partial charge in [0.1, 0.15) is 42.7 Å². The lowest BCUT2D eigenvalue weighted by Gasteiger charge is -2.42. The van der Waals surface area contributed by atoms with Gasteiger partial charge in [0.15, 0.2) is 12.4 Å². The average Bonchev–Trinajstić information content (AvgIpc) is 2.91. The first-order valence-electron chi connectivity index (χ1n) is 13.2. The summed E-state index contributed by atoms with van der Waals surface area (Å²) < 4.78 is 9.98. The second kappa shape index (κ2) is 16.2. The largest absolute Gasteiger partial charge is 0.479 e. The first kappa shape index (κ1) is 32.2. The fourth-order valence-corrected chi connectivity index (χ4v) is 5.03. The molecular weight excluding hydrogens is 494 g/mol. The zero-order valence-electron chi connectivity index (χ0n) is 21.1. The van der Waals surface area contributed by atoms with Crippen LogP contribution in [-0.4, -0.2) is 132 Å². The predicted molar refractivity (Wildman–Crippen MR) is 128 cm³/mol. The SMILES string of the molecule is C1CCC(NC2CCCCC2)CC1.O=C(O)C(O)[C@@H](O)[C@H](O[C@H]1OC(CO)[C@@H](O)[C@H](O)C1O)C(O)CO. The van der Waals surface area contributed by atoms with Gasteiger partial charge in [-0.3, -0.25) is 0 Å². The summed E-state index contributed by atoms with van der Waals surface area (Å²) >= 11 is 0. The smallest absolute Gasteiger partial charge is 0.335 e. The molecule has 0 amide bonds. The highest BCUT2D eigenvalue weighted by Gasteiger charge is 2.47. The second-order valence-corrected chi connectivity index (χ2v) is 10.2. The number of hydrogen-bond acceptors (Lipinski definition) is 12. The van der Waals surface area contributed by atoms with Gasteiger partial charge in [0.2, 0.25) is 0 Å². The minimum Gasteiger partial charge on any atom is -0.479 e. The maximum Gasteiger partial charge on any atom is 0.335 e. The number of hydrogen-bond donors (Lipinski definition) is 10. The monoisotopic (exact) mass is 539 g/mol. The van der Waals surface area contributed by atoms with Gasteiger partial charge in [-0.15, -0.1) is 0 Å². The lowest BCUT2D eigenvalue weighted by atomic mass is 9.91. The Bertz CT molecular complexity index is 627. The molecule has 13 heteroatoms. The zero-order chi connectivity index (χ0) is 27.5. The van der Waals surface area contributed by atoms with Crippen molar-refractivity contribution >= 4 is 5.97 Å². The van der Waals surface area contributed by atoms with E-state index in [-0.39, 0.29) is 0 Å². The normalized spacial score (nSPS) is 33.0. The van der Waals surface area contributed by atoms with E-state index in [0.29, 0.717) is 0 Å². The van der Waals surface area contributed by atoms with Gasteiger partial charge in [0.25, 0.3) is 0 Å². The molecule has 0 aromatic rings. The third-order valence-electron chi connectivity index (χ3n) is 7.30. The number of aliphatic hydroxyl groups excluding tert-OH is 8. The van der Waals surface area contributed by atoms with Gasteiger partial charge in [0, 0.05) is 12.1 Å². The summed E-state index contributed by atoms with van der Waals surface area (Å²) in [5.74, 6) is -1.84. The summed E-state index contributed by atoms with van der Waals surface area (Å²) in [5, 5.41) is 88.4. The summed E-state index contributed by atoms with van der Waals surface area (Å²) in [4.78, 5) is 10.7. The summed E-state index contributed by atoms with van der Waals surface area (Å²) in [5.41, 5.74) is 0. The van der Waals surface area contributed by atoms with Gasteiger partial charge in [0.05, 0.1) is 13.2 Å². The van der Waals surface area contributed by atoms with E-state index in [1.54, 1.807) is 0 Å². The van der Waals surface area contributed by atoms with Crippen LogP contribution in [0.25, 0.3) is 0 Å². The highest BCUT2D eigenvalue weighted by molar-refractivity contribution is 5.72. The van der Waals surface area contributed by atoms with Crippen LogP contribution >= 0.6 is 0 Å². The average molecular weight is 540 g/mol. The molecule has 37 heavy (non-hydrogen) atoms. The highest BCUT2D eigenvalue weighted by Crippen LogP contribution is 2.25. The van der Waals surface area contributed by atoms with E-state index in [2.05, 4.69) is 5.32 Å². The van der Waals surface area contributed by atoms with Gasteiger partial charge < -0.3 is 60.7 Å². The van der Waals surface area contributed by atoms with E-state index in [1.165, 1.54) is 64.2 Å². The van der Waals surface area contributed by atoms with Crippen molar-refractivity contribution in [1.82, 2.24) is 5.32 Å². The Morgan fingerprint density at radius 2 is 1.35 bits per heavy atom. The number of ether oxygens (including phenoxy) is 2. The second-order valence-electron chi connectivity index (χ2n) is 10.2. The summed E-state index contributed by atoms with van der Waals surface area (Å²) in [7, 11) is 0.